The summed E-state index contributed by atoms with van der Waals surface area (Å²) in [6.07, 6.45) is 1.80. The molecule has 10 heteroatoms. The van der Waals surface area contributed by atoms with Gasteiger partial charge < -0.3 is 19.5 Å². The molecule has 0 radical (unpaired) electrons. The van der Waals surface area contributed by atoms with E-state index in [4.69, 9.17) is 16.3 Å². The van der Waals surface area contributed by atoms with Crippen LogP contribution in [0.3, 0.4) is 0 Å². The number of fused-ring (bicyclic) bond motifs is 1. The van der Waals surface area contributed by atoms with Gasteiger partial charge in [0, 0.05) is 36.7 Å². The number of aliphatic hydroxyl groups is 1. The van der Waals surface area contributed by atoms with Crippen molar-refractivity contribution in [1.82, 2.24) is 8.87 Å². The van der Waals surface area contributed by atoms with Crippen LogP contribution in [0, 0.1) is 11.7 Å². The summed E-state index contributed by atoms with van der Waals surface area (Å²) in [5.41, 5.74) is 0.321. The molecular formula is C26H30ClFN2O5S. The van der Waals surface area contributed by atoms with Crippen molar-refractivity contribution < 1.29 is 24.1 Å². The predicted octanol–water partition coefficient (Wildman–Crippen LogP) is 5.21. The highest BCUT2D eigenvalue weighted by molar-refractivity contribution is 7.96. The van der Waals surface area contributed by atoms with Crippen molar-refractivity contribution in [3.8, 4) is 5.75 Å². The maximum absolute atomic E-state index is 14.7. The third kappa shape index (κ3) is 6.21. The van der Waals surface area contributed by atoms with E-state index in [2.05, 4.69) is 0 Å². The van der Waals surface area contributed by atoms with Crippen molar-refractivity contribution in [2.75, 3.05) is 26.6 Å². The summed E-state index contributed by atoms with van der Waals surface area (Å²) in [4.78, 5) is 25.2. The zero-order chi connectivity index (χ0) is 26.6. The van der Waals surface area contributed by atoms with Crippen LogP contribution in [0.1, 0.15) is 47.8 Å². The lowest BCUT2D eigenvalue weighted by Crippen LogP contribution is -2.24. The Labute approximate surface area is 218 Å². The molecule has 0 amide bonds. The van der Waals surface area contributed by atoms with Crippen LogP contribution in [0.15, 0.2) is 41.3 Å². The highest BCUT2D eigenvalue weighted by Crippen LogP contribution is 2.33. The van der Waals surface area contributed by atoms with Crippen LogP contribution in [0.2, 0.25) is 5.02 Å². The van der Waals surface area contributed by atoms with Crippen LogP contribution in [0.25, 0.3) is 10.9 Å². The van der Waals surface area contributed by atoms with Crippen molar-refractivity contribution >= 4 is 40.4 Å². The summed E-state index contributed by atoms with van der Waals surface area (Å²) in [6, 6.07) is 7.71. The van der Waals surface area contributed by atoms with Crippen LogP contribution in [0.4, 0.5) is 4.39 Å². The number of hydrogen-bond acceptors (Lipinski definition) is 6. The molecule has 0 bridgehead atoms. The molecule has 1 heterocycles. The number of benzene rings is 2. The maximum atomic E-state index is 14.7. The van der Waals surface area contributed by atoms with Crippen LogP contribution in [-0.2, 0) is 6.42 Å². The monoisotopic (exact) mass is 536 g/mol. The number of halogens is 2. The zero-order valence-corrected chi connectivity index (χ0v) is 22.2. The maximum Gasteiger partial charge on any atom is 0.341 e. The van der Waals surface area contributed by atoms with Gasteiger partial charge in [0.2, 0.25) is 5.43 Å². The van der Waals surface area contributed by atoms with E-state index in [9.17, 15) is 24.2 Å². The fourth-order valence-electron chi connectivity index (χ4n) is 4.13. The van der Waals surface area contributed by atoms with E-state index in [1.165, 1.54) is 24.2 Å². The molecule has 2 N–H and O–H groups in total. The second kappa shape index (κ2) is 12.1. The number of aromatic carboxylic acids is 1. The van der Waals surface area contributed by atoms with Crippen molar-refractivity contribution in [2.24, 2.45) is 5.92 Å². The summed E-state index contributed by atoms with van der Waals surface area (Å²) in [5.74, 6) is -1.15. The van der Waals surface area contributed by atoms with E-state index in [1.54, 1.807) is 28.8 Å². The second-order valence-electron chi connectivity index (χ2n) is 8.98. The molecule has 0 fully saturated rings. The minimum Gasteiger partial charge on any atom is -0.481 e. The SMILES string of the molecule is CC(C)C(CCO)n1cc(C(=O)O)c(=O)c2cc(Cc3cccc(Cl)c3F)c(OCSN(C)C)cc21. The first kappa shape index (κ1) is 28.0. The number of ether oxygens (including phenoxy) is 1. The third-order valence-electron chi connectivity index (χ3n) is 5.93. The average Bonchev–Trinajstić information content (AvgIpc) is 2.81. The minimum absolute atomic E-state index is 0.0155. The first-order valence-corrected chi connectivity index (χ1v) is 12.8. The Morgan fingerprint density at radius 1 is 1.25 bits per heavy atom. The van der Waals surface area contributed by atoms with Crippen molar-refractivity contribution in [2.45, 2.75) is 32.7 Å². The van der Waals surface area contributed by atoms with Gasteiger partial charge in [-0.2, -0.15) is 0 Å². The molecule has 0 aliphatic carbocycles. The van der Waals surface area contributed by atoms with Crippen LogP contribution in [0.5, 0.6) is 5.75 Å². The number of nitrogens with zero attached hydrogens (tertiary/aromatic N) is 2. The molecule has 3 aromatic rings. The lowest BCUT2D eigenvalue weighted by molar-refractivity contribution is 0.0694. The molecule has 1 aromatic heterocycles. The van der Waals surface area contributed by atoms with E-state index in [-0.39, 0.29) is 46.9 Å². The van der Waals surface area contributed by atoms with Gasteiger partial charge in [-0.1, -0.05) is 37.6 Å². The number of aliphatic hydroxyl groups excluding tert-OH is 1. The minimum atomic E-state index is -1.34. The summed E-state index contributed by atoms with van der Waals surface area (Å²) in [6.45, 7) is 3.83. The van der Waals surface area contributed by atoms with E-state index < -0.39 is 17.2 Å². The Kier molecular flexibility index (Phi) is 9.41. The van der Waals surface area contributed by atoms with Crippen LogP contribution >= 0.6 is 23.5 Å². The average molecular weight is 537 g/mol. The lowest BCUT2D eigenvalue weighted by atomic mass is 9.97. The van der Waals surface area contributed by atoms with Crippen molar-refractivity contribution in [1.29, 1.82) is 0 Å². The van der Waals surface area contributed by atoms with Gasteiger partial charge >= 0.3 is 5.97 Å². The van der Waals surface area contributed by atoms with Gasteiger partial charge in [-0.25, -0.2) is 9.18 Å². The quantitative estimate of drug-likeness (QED) is 0.257. The molecule has 0 saturated carbocycles. The van der Waals surface area contributed by atoms with Crippen LogP contribution in [-0.4, -0.2) is 51.7 Å². The smallest absolute Gasteiger partial charge is 0.341 e. The largest absolute Gasteiger partial charge is 0.481 e. The molecule has 0 saturated heterocycles. The van der Waals surface area contributed by atoms with Gasteiger partial charge in [0.25, 0.3) is 0 Å². The molecular weight excluding hydrogens is 507 g/mol. The van der Waals surface area contributed by atoms with Gasteiger partial charge in [-0.05, 0) is 61.6 Å². The van der Waals surface area contributed by atoms with Crippen molar-refractivity contribution in [3.05, 3.63) is 74.3 Å². The van der Waals surface area contributed by atoms with E-state index in [0.29, 0.717) is 28.8 Å². The van der Waals surface area contributed by atoms with Crippen molar-refractivity contribution in [3.63, 3.8) is 0 Å². The molecule has 1 unspecified atom stereocenters. The lowest BCUT2D eigenvalue weighted by Gasteiger charge is -2.27. The topological polar surface area (TPSA) is 92.0 Å². The number of rotatable bonds is 11. The normalized spacial score (nSPS) is 12.5. The summed E-state index contributed by atoms with van der Waals surface area (Å²) >= 11 is 7.40. The zero-order valence-electron chi connectivity index (χ0n) is 20.6. The molecule has 0 spiro atoms. The summed E-state index contributed by atoms with van der Waals surface area (Å²) in [5, 5.41) is 19.6. The summed E-state index contributed by atoms with van der Waals surface area (Å²) in [7, 11) is 3.76. The Morgan fingerprint density at radius 3 is 2.58 bits per heavy atom. The molecule has 1 atom stereocenters. The molecule has 3 rings (SSSR count). The van der Waals surface area contributed by atoms with E-state index in [0.717, 1.165) is 0 Å². The Morgan fingerprint density at radius 2 is 1.97 bits per heavy atom. The second-order valence-corrected chi connectivity index (χ2v) is 10.6. The molecule has 0 aliphatic rings. The molecule has 0 aliphatic heterocycles. The number of carboxylic acid groups (broad SMARTS) is 1. The molecule has 7 nitrogen and oxygen atoms in total. The number of carboxylic acids is 1. The first-order chi connectivity index (χ1) is 17.0. The van der Waals surface area contributed by atoms with Gasteiger partial charge in [0.05, 0.1) is 10.5 Å². The Hall–Kier alpha value is -2.59. The molecule has 36 heavy (non-hydrogen) atoms. The van der Waals surface area contributed by atoms with E-state index >= 15 is 0 Å². The number of hydrogen-bond donors (Lipinski definition) is 2. The third-order valence-corrected chi connectivity index (χ3v) is 6.97. The Bertz CT molecular complexity index is 1310. The highest BCUT2D eigenvalue weighted by atomic mass is 35.5. The fourth-order valence-corrected chi connectivity index (χ4v) is 4.72. The fraction of sp³-hybridized carbons (Fsp3) is 0.385. The van der Waals surface area contributed by atoms with Gasteiger partial charge in [0.15, 0.2) is 0 Å². The number of aromatic nitrogens is 1. The molecule has 194 valence electrons. The number of pyridine rings is 1. The predicted molar refractivity (Wildman–Crippen MR) is 142 cm³/mol. The van der Waals surface area contributed by atoms with Gasteiger partial charge in [-0.15, -0.1) is 0 Å². The highest BCUT2D eigenvalue weighted by Gasteiger charge is 2.23. The first-order valence-electron chi connectivity index (χ1n) is 11.5. The molecule has 2 aromatic carbocycles. The standard InChI is InChI=1S/C26H30ClFN2O5S/c1-15(2)21(8-9-31)30-13-19(26(33)34)25(32)18-11-17(10-16-6-5-7-20(27)24(16)28)23(12-22(18)30)35-14-36-29(3)4/h5-7,11-13,15,21,31H,8-10,14H2,1-4H3,(H,33,34). The van der Waals surface area contributed by atoms with Gasteiger partial charge in [0.1, 0.15) is 23.1 Å². The Balaban J connectivity index is 2.30. The van der Waals surface area contributed by atoms with E-state index in [1.807, 2.05) is 32.2 Å². The summed E-state index contributed by atoms with van der Waals surface area (Å²) < 4.78 is 24.4. The van der Waals surface area contributed by atoms with Crippen LogP contribution < -0.4 is 10.2 Å². The number of carbonyl (C=O) groups is 1. The van der Waals surface area contributed by atoms with Gasteiger partial charge in [-0.3, -0.25) is 9.10 Å².